The minimum absolute atomic E-state index is 1.12. The first-order valence-corrected chi connectivity index (χ1v) is 40.4. The first kappa shape index (κ1) is 60.8. The van der Waals surface area contributed by atoms with E-state index in [4.69, 9.17) is 0 Å². The van der Waals surface area contributed by atoms with E-state index in [-0.39, 0.29) is 0 Å². The summed E-state index contributed by atoms with van der Waals surface area (Å²) in [6, 6.07) is 0. The highest BCUT2D eigenvalue weighted by Gasteiger charge is 2.43. The Morgan fingerprint density at radius 1 is 0.180 bits per heavy atom. The highest BCUT2D eigenvalue weighted by molar-refractivity contribution is 7.98. The zero-order chi connectivity index (χ0) is 60.6. The molecule has 0 radical (unpaired) electrons. The Hall–Kier alpha value is -4.40. The molecule has 0 unspecified atom stereocenters. The van der Waals surface area contributed by atoms with Crippen molar-refractivity contribution in [2.75, 3.05) is 0 Å². The predicted molar refractivity (Wildman–Crippen MR) is 392 cm³/mol. The molecule has 8 heteroatoms. The van der Waals surface area contributed by atoms with Gasteiger partial charge in [0.25, 0.3) is 0 Å². The van der Waals surface area contributed by atoms with Crippen molar-refractivity contribution in [1.82, 2.24) is 26.4 Å². The number of hydrogen-bond acceptors (Lipinski definition) is 2. The maximum atomic E-state index is 3.13. The zero-order valence-electron chi connectivity index (χ0n) is 56.9. The molecule has 12 aromatic heterocycles. The van der Waals surface area contributed by atoms with E-state index in [2.05, 4.69) is 105 Å². The van der Waals surface area contributed by atoms with Crippen LogP contribution in [-0.2, 0) is 74.4 Å². The van der Waals surface area contributed by atoms with Crippen molar-refractivity contribution in [3.8, 4) is 0 Å². The number of hydrogen-bond donors (Lipinski definition) is 0. The summed E-state index contributed by atoms with van der Waals surface area (Å²) in [5.41, 5.74) is 49.4. The van der Waals surface area contributed by atoms with Crippen molar-refractivity contribution in [1.29, 1.82) is 0 Å². The van der Waals surface area contributed by atoms with Crippen molar-refractivity contribution < 1.29 is 0 Å². The smallest absolute Gasteiger partial charge is 0.0993 e. The quantitative estimate of drug-likeness (QED) is 0.0218. The molecule has 0 saturated heterocycles. The summed E-state index contributed by atoms with van der Waals surface area (Å²) in [7, 11) is 0. The van der Waals surface area contributed by atoms with Gasteiger partial charge in [-0.1, -0.05) is 203 Å². The van der Waals surface area contributed by atoms with Crippen LogP contribution in [0.3, 0.4) is 0 Å². The predicted octanol–water partition coefficient (Wildman–Crippen LogP) is 24.8. The largest absolute Gasteiger partial charge is 0.302 e. The first-order valence-electron chi connectivity index (χ1n) is 38.1. The third-order valence-electron chi connectivity index (χ3n) is 23.3. The van der Waals surface area contributed by atoms with Gasteiger partial charge in [-0.2, -0.15) is 23.5 Å². The zero-order valence-corrected chi connectivity index (χ0v) is 58.5. The summed E-state index contributed by atoms with van der Waals surface area (Å²) in [5, 5.41) is 0. The third-order valence-corrected chi connectivity index (χ3v) is 25.3. The first-order chi connectivity index (χ1) is 44.1. The maximum absolute atomic E-state index is 3.13. The fourth-order valence-corrected chi connectivity index (χ4v) is 21.5. The molecule has 2 aliphatic rings. The molecule has 0 atom stereocenters. The number of fused-ring (bicyclic) bond motifs is 12. The average Bonchev–Trinajstić information content (AvgIpc) is 1.48. The molecule has 89 heavy (non-hydrogen) atoms. The molecule has 0 amide bonds. The minimum Gasteiger partial charge on any atom is -0.302 e. The number of aryl methyl sites for hydroxylation is 8. The Kier molecular flexibility index (Phi) is 17.7. The fourth-order valence-electron chi connectivity index (χ4n) is 19.2. The van der Waals surface area contributed by atoms with Gasteiger partial charge in [0.05, 0.1) is 99.3 Å². The number of thioether (sulfide) groups is 2. The molecular weight excluding hydrogens is 1120 g/mol. The Labute approximate surface area is 541 Å². The Bertz CT molecular complexity index is 4530. The molecule has 0 fully saturated rings. The van der Waals surface area contributed by atoms with E-state index in [1.54, 1.807) is 166 Å². The molecule has 0 saturated carbocycles. The molecule has 2 aliphatic heterocycles. The molecule has 0 N–H and O–H groups in total. The van der Waals surface area contributed by atoms with Crippen LogP contribution in [0.15, 0.2) is 0 Å². The van der Waals surface area contributed by atoms with Crippen LogP contribution in [0.5, 0.6) is 0 Å². The van der Waals surface area contributed by atoms with Gasteiger partial charge in [-0.15, -0.1) is 0 Å². The normalized spacial score (nSPS) is 14.4. The van der Waals surface area contributed by atoms with Gasteiger partial charge in [0.1, 0.15) is 0 Å². The van der Waals surface area contributed by atoms with Gasteiger partial charge in [0.15, 0.2) is 0 Å². The van der Waals surface area contributed by atoms with Crippen molar-refractivity contribution in [2.24, 2.45) is 0 Å². The van der Waals surface area contributed by atoms with E-state index in [1.165, 1.54) is 250 Å². The van der Waals surface area contributed by atoms with Gasteiger partial charge in [-0.05, 0) is 169 Å². The molecule has 0 aliphatic carbocycles. The molecule has 14 heterocycles. The van der Waals surface area contributed by atoms with Gasteiger partial charge in [-0.3, -0.25) is 0 Å². The third kappa shape index (κ3) is 9.15. The average molecular weight is 1230 g/mol. The summed E-state index contributed by atoms with van der Waals surface area (Å²) in [6.45, 7) is 19.4. The molecule has 0 bridgehead atoms. The van der Waals surface area contributed by atoms with Crippen LogP contribution in [-0.4, -0.2) is 26.4 Å². The van der Waals surface area contributed by atoms with Crippen molar-refractivity contribution >= 4 is 123 Å². The molecule has 476 valence electrons. The second-order valence-electron chi connectivity index (χ2n) is 29.1. The topological polar surface area (TPSA) is 26.5 Å². The van der Waals surface area contributed by atoms with Gasteiger partial charge >= 0.3 is 0 Å². The Morgan fingerprint density at radius 2 is 0.326 bits per heavy atom. The molecule has 6 nitrogen and oxygen atoms in total. The standard InChI is InChI=1S/C81H110N6S2/c1-9-17-25-33-41-53-52(40-32-24-16-8)68-72-60-48-88-49-61(60)73-69-58(46-38-30-22-14-6)55(43-35-27-19-11-3)66-67-56(44-36-28-20-12-4)59(47-39-31-23-15-7)71-75-63-51-89-50-62(63)74-70-57(45-37-29-21-13-5)54(42-34-26-18-10-2)65-64(53)82(68)76-77(83(65)70)81(87(74)75)79(85(67)71)78(84(66)69)80(76)86(72)73/h9-51H2,1-8H3. The lowest BCUT2D eigenvalue weighted by molar-refractivity contribution is 0.653. The maximum Gasteiger partial charge on any atom is 0.0993 e. The van der Waals surface area contributed by atoms with E-state index in [1.807, 2.05) is 0 Å². The highest BCUT2D eigenvalue weighted by Crippen LogP contribution is 2.58. The van der Waals surface area contributed by atoms with Gasteiger partial charge in [0, 0.05) is 23.0 Å². The summed E-state index contributed by atoms with van der Waals surface area (Å²) >= 11 is 4.46. The monoisotopic (exact) mass is 1230 g/mol. The van der Waals surface area contributed by atoms with Crippen LogP contribution >= 0.6 is 23.5 Å². The van der Waals surface area contributed by atoms with Gasteiger partial charge < -0.3 is 26.4 Å². The Balaban J connectivity index is 1.24. The van der Waals surface area contributed by atoms with E-state index in [9.17, 15) is 0 Å². The van der Waals surface area contributed by atoms with Crippen molar-refractivity contribution in [2.45, 2.75) is 329 Å². The molecule has 13 aromatic rings. The van der Waals surface area contributed by atoms with Crippen LogP contribution in [0.4, 0.5) is 0 Å². The summed E-state index contributed by atoms with van der Waals surface area (Å²) < 4.78 is 18.7. The SMILES string of the molecule is CCCCCCc1c(CCCCC)c2c3c4c(c5c6c(CCCCCC)c(CCCCCC)c7c8c(CCCCCC)c(CCCCCC)c9c%10c%11c(c%12c%13c(CCCCCC)c(CCCCCC)c%14c1n2c1c(c(c(c(c1n35)n76)n89)n%12%10)n%14%13)CSC%11)CSC4. The van der Waals surface area contributed by atoms with Crippen molar-refractivity contribution in [3.05, 3.63) is 66.8 Å². The van der Waals surface area contributed by atoms with Crippen LogP contribution in [0.25, 0.3) is 99.3 Å². The fraction of sp³-hybridized carbons (Fsp3) is 0.630. The summed E-state index contributed by atoms with van der Waals surface area (Å²) in [4.78, 5) is 0. The van der Waals surface area contributed by atoms with Crippen molar-refractivity contribution in [3.63, 3.8) is 0 Å². The van der Waals surface area contributed by atoms with E-state index in [0.29, 0.717) is 0 Å². The van der Waals surface area contributed by atoms with E-state index < -0.39 is 0 Å². The number of aromatic nitrogens is 6. The molecular formula is C81H110N6S2. The van der Waals surface area contributed by atoms with Crippen LogP contribution in [0.2, 0.25) is 0 Å². The lowest BCUT2D eigenvalue weighted by atomic mass is 9.95. The highest BCUT2D eigenvalue weighted by atomic mass is 32.2. The second-order valence-corrected chi connectivity index (χ2v) is 31.1. The number of nitrogens with zero attached hydrogens (tertiary/aromatic N) is 6. The summed E-state index contributed by atoms with van der Waals surface area (Å²) in [6.07, 6.45) is 49.7. The lowest BCUT2D eigenvalue weighted by Gasteiger charge is -2.27. The Morgan fingerprint density at radius 3 is 0.506 bits per heavy atom. The number of unbranched alkanes of at least 4 members (excludes halogenated alkanes) is 23. The summed E-state index contributed by atoms with van der Waals surface area (Å²) in [5.74, 6) is 4.48. The van der Waals surface area contributed by atoms with Gasteiger partial charge in [-0.25, -0.2) is 0 Å². The van der Waals surface area contributed by atoms with E-state index >= 15 is 0 Å². The van der Waals surface area contributed by atoms with Crippen LogP contribution in [0.1, 0.15) is 321 Å². The van der Waals surface area contributed by atoms with Crippen LogP contribution in [0, 0.1) is 0 Å². The minimum atomic E-state index is 1.12. The molecule has 15 rings (SSSR count). The van der Waals surface area contributed by atoms with Gasteiger partial charge in [0.2, 0.25) is 0 Å². The number of benzene rings is 1. The number of rotatable bonds is 39. The lowest BCUT2D eigenvalue weighted by Crippen LogP contribution is -2.14. The second kappa shape index (κ2) is 25.8. The molecule has 1 aromatic carbocycles. The van der Waals surface area contributed by atoms with Crippen LogP contribution < -0.4 is 0 Å². The van der Waals surface area contributed by atoms with E-state index in [0.717, 1.165) is 23.0 Å². The molecule has 0 spiro atoms.